The summed E-state index contributed by atoms with van der Waals surface area (Å²) in [6.45, 7) is 3.63. The highest BCUT2D eigenvalue weighted by atomic mass is 32.2. The van der Waals surface area contributed by atoms with Crippen molar-refractivity contribution < 1.29 is 23.1 Å². The van der Waals surface area contributed by atoms with Gasteiger partial charge >= 0.3 is 5.97 Å². The predicted molar refractivity (Wildman–Crippen MR) is 69.1 cm³/mol. The van der Waals surface area contributed by atoms with Crippen molar-refractivity contribution in [2.45, 2.75) is 38.6 Å². The van der Waals surface area contributed by atoms with E-state index in [2.05, 4.69) is 5.32 Å². The largest absolute Gasteiger partial charge is 0.480 e. The fourth-order valence-corrected chi connectivity index (χ4v) is 3.36. The van der Waals surface area contributed by atoms with Crippen LogP contribution in [0.25, 0.3) is 0 Å². The SMILES string of the molecule is CCC(C)(NC(=O)CCN1CCCS1(=O)=O)C(=O)O. The summed E-state index contributed by atoms with van der Waals surface area (Å²) in [5, 5.41) is 11.5. The fourth-order valence-electron chi connectivity index (χ4n) is 1.83. The second-order valence-electron chi connectivity index (χ2n) is 4.86. The number of amides is 1. The Kier molecular flexibility index (Phi) is 4.92. The van der Waals surface area contributed by atoms with Crippen molar-refractivity contribution in [2.24, 2.45) is 0 Å². The molecule has 1 amide bonds. The molecule has 0 aromatic heterocycles. The highest BCUT2D eigenvalue weighted by Crippen LogP contribution is 2.14. The Labute approximate surface area is 113 Å². The van der Waals surface area contributed by atoms with E-state index in [-0.39, 0.29) is 25.1 Å². The maximum Gasteiger partial charge on any atom is 0.329 e. The molecule has 0 aromatic rings. The molecule has 1 atom stereocenters. The second-order valence-corrected chi connectivity index (χ2v) is 6.95. The van der Waals surface area contributed by atoms with Crippen LogP contribution in [0.15, 0.2) is 0 Å². The van der Waals surface area contributed by atoms with Crippen LogP contribution in [0.2, 0.25) is 0 Å². The van der Waals surface area contributed by atoms with Crippen LogP contribution in [0.1, 0.15) is 33.1 Å². The molecule has 1 rings (SSSR count). The van der Waals surface area contributed by atoms with E-state index in [1.54, 1.807) is 6.92 Å². The number of carbonyl (C=O) groups is 2. The molecule has 2 N–H and O–H groups in total. The van der Waals surface area contributed by atoms with Crippen LogP contribution in [0.5, 0.6) is 0 Å². The smallest absolute Gasteiger partial charge is 0.329 e. The van der Waals surface area contributed by atoms with Gasteiger partial charge in [-0.1, -0.05) is 6.92 Å². The van der Waals surface area contributed by atoms with Gasteiger partial charge in [-0.2, -0.15) is 0 Å². The van der Waals surface area contributed by atoms with E-state index in [1.807, 2.05) is 0 Å². The topological polar surface area (TPSA) is 104 Å². The lowest BCUT2D eigenvalue weighted by molar-refractivity contribution is -0.147. The first-order chi connectivity index (χ1) is 8.71. The van der Waals surface area contributed by atoms with Gasteiger partial charge in [-0.25, -0.2) is 17.5 Å². The van der Waals surface area contributed by atoms with Crippen LogP contribution in [0.4, 0.5) is 0 Å². The third-order valence-electron chi connectivity index (χ3n) is 3.39. The molecule has 0 aliphatic carbocycles. The molecule has 0 saturated carbocycles. The minimum absolute atomic E-state index is 0.0257. The van der Waals surface area contributed by atoms with Crippen LogP contribution in [-0.2, 0) is 19.6 Å². The quantitative estimate of drug-likeness (QED) is 0.704. The first-order valence-corrected chi connectivity index (χ1v) is 7.84. The number of rotatable bonds is 6. The minimum atomic E-state index is -3.21. The average Bonchev–Trinajstić information content (AvgIpc) is 2.65. The van der Waals surface area contributed by atoms with Crippen LogP contribution in [0.3, 0.4) is 0 Å². The zero-order valence-corrected chi connectivity index (χ0v) is 12.0. The Balaban J connectivity index is 2.51. The first-order valence-electron chi connectivity index (χ1n) is 6.23. The van der Waals surface area contributed by atoms with Gasteiger partial charge in [0.05, 0.1) is 5.75 Å². The standard InChI is InChI=1S/C11H20N2O5S/c1-3-11(2,10(15)16)12-9(14)5-7-13-6-4-8-19(13,17)18/h3-8H2,1-2H3,(H,12,14)(H,15,16). The molecular formula is C11H20N2O5S. The van der Waals surface area contributed by atoms with E-state index in [9.17, 15) is 18.0 Å². The van der Waals surface area contributed by atoms with E-state index >= 15 is 0 Å². The summed E-state index contributed by atoms with van der Waals surface area (Å²) in [6, 6.07) is 0. The number of carboxylic acids is 1. The summed E-state index contributed by atoms with van der Waals surface area (Å²) in [6.07, 6.45) is 0.809. The number of aliphatic carboxylic acids is 1. The molecule has 1 saturated heterocycles. The minimum Gasteiger partial charge on any atom is -0.480 e. The van der Waals surface area contributed by atoms with Gasteiger partial charge in [-0.3, -0.25) is 4.79 Å². The highest BCUT2D eigenvalue weighted by Gasteiger charge is 2.33. The molecule has 8 heteroatoms. The molecule has 1 aliphatic heterocycles. The Morgan fingerprint density at radius 3 is 2.47 bits per heavy atom. The van der Waals surface area contributed by atoms with E-state index in [0.29, 0.717) is 13.0 Å². The summed E-state index contributed by atoms with van der Waals surface area (Å²) in [5.41, 5.74) is -1.30. The number of hydrogen-bond acceptors (Lipinski definition) is 4. The Morgan fingerprint density at radius 1 is 1.42 bits per heavy atom. The number of nitrogens with one attached hydrogen (secondary N) is 1. The van der Waals surface area contributed by atoms with Crippen molar-refractivity contribution in [3.63, 3.8) is 0 Å². The molecule has 110 valence electrons. The van der Waals surface area contributed by atoms with Gasteiger partial charge in [0.25, 0.3) is 0 Å². The highest BCUT2D eigenvalue weighted by molar-refractivity contribution is 7.89. The average molecular weight is 292 g/mol. The van der Waals surface area contributed by atoms with Crippen molar-refractivity contribution in [1.29, 1.82) is 0 Å². The van der Waals surface area contributed by atoms with E-state index in [0.717, 1.165) is 0 Å². The molecule has 19 heavy (non-hydrogen) atoms. The van der Waals surface area contributed by atoms with E-state index in [1.165, 1.54) is 11.2 Å². The molecular weight excluding hydrogens is 272 g/mol. The van der Waals surface area contributed by atoms with Gasteiger partial charge in [-0.15, -0.1) is 0 Å². The molecule has 1 heterocycles. The van der Waals surface area contributed by atoms with Gasteiger partial charge in [0.2, 0.25) is 15.9 Å². The number of carboxylic acid groups (broad SMARTS) is 1. The van der Waals surface area contributed by atoms with Gasteiger partial charge in [0, 0.05) is 19.5 Å². The summed E-state index contributed by atoms with van der Waals surface area (Å²) in [4.78, 5) is 22.7. The first kappa shape index (κ1) is 15.9. The molecule has 0 radical (unpaired) electrons. The summed E-state index contributed by atoms with van der Waals surface area (Å²) >= 11 is 0. The zero-order valence-electron chi connectivity index (χ0n) is 11.2. The number of sulfonamides is 1. The maximum absolute atomic E-state index is 11.7. The van der Waals surface area contributed by atoms with Crippen molar-refractivity contribution in [3.8, 4) is 0 Å². The van der Waals surface area contributed by atoms with Crippen molar-refractivity contribution in [1.82, 2.24) is 9.62 Å². The van der Waals surface area contributed by atoms with Gasteiger partial charge in [0.1, 0.15) is 5.54 Å². The van der Waals surface area contributed by atoms with Crippen LogP contribution < -0.4 is 5.32 Å². The monoisotopic (exact) mass is 292 g/mol. The van der Waals surface area contributed by atoms with Gasteiger partial charge in [0.15, 0.2) is 0 Å². The van der Waals surface area contributed by atoms with Crippen LogP contribution in [-0.4, -0.2) is 54.1 Å². The predicted octanol–water partition coefficient (Wildman–Crippen LogP) is -0.218. The van der Waals surface area contributed by atoms with Gasteiger partial charge < -0.3 is 10.4 Å². The molecule has 1 aliphatic rings. The summed E-state index contributed by atoms with van der Waals surface area (Å²) < 4.78 is 24.3. The molecule has 1 fully saturated rings. The van der Waals surface area contributed by atoms with Gasteiger partial charge in [-0.05, 0) is 19.8 Å². The third kappa shape index (κ3) is 3.90. The van der Waals surface area contributed by atoms with Crippen LogP contribution in [0, 0.1) is 0 Å². The Hall–Kier alpha value is -1.15. The van der Waals surface area contributed by atoms with E-state index < -0.39 is 27.4 Å². The van der Waals surface area contributed by atoms with E-state index in [4.69, 9.17) is 5.11 Å². The molecule has 1 unspecified atom stereocenters. The van der Waals surface area contributed by atoms with Crippen molar-refractivity contribution >= 4 is 21.9 Å². The third-order valence-corrected chi connectivity index (χ3v) is 5.34. The molecule has 0 spiro atoms. The van der Waals surface area contributed by atoms with Crippen LogP contribution >= 0.6 is 0 Å². The number of hydrogen-bond donors (Lipinski definition) is 2. The normalized spacial score (nSPS) is 21.8. The molecule has 0 bridgehead atoms. The number of nitrogens with zero attached hydrogens (tertiary/aromatic N) is 1. The fraction of sp³-hybridized carbons (Fsp3) is 0.818. The number of carbonyl (C=O) groups excluding carboxylic acids is 1. The molecule has 0 aromatic carbocycles. The lowest BCUT2D eigenvalue weighted by atomic mass is 9.99. The lowest BCUT2D eigenvalue weighted by Gasteiger charge is -2.25. The lowest BCUT2D eigenvalue weighted by Crippen LogP contribution is -2.52. The second kappa shape index (κ2) is 5.87. The van der Waals surface area contributed by atoms with Crippen molar-refractivity contribution in [2.75, 3.05) is 18.8 Å². The summed E-state index contributed by atoms with van der Waals surface area (Å²) in [5.74, 6) is -1.43. The Bertz CT molecular complexity index is 462. The summed E-state index contributed by atoms with van der Waals surface area (Å²) in [7, 11) is -3.21. The van der Waals surface area contributed by atoms with Crippen molar-refractivity contribution in [3.05, 3.63) is 0 Å². The Morgan fingerprint density at radius 2 is 2.05 bits per heavy atom. The molecule has 7 nitrogen and oxygen atoms in total. The maximum atomic E-state index is 11.7. The zero-order chi connectivity index (χ0) is 14.7.